The van der Waals surface area contributed by atoms with E-state index in [2.05, 4.69) is 18.7 Å². The molecule has 0 amide bonds. The summed E-state index contributed by atoms with van der Waals surface area (Å²) in [6.45, 7) is 0.270. The standard InChI is InChI=1S/C9H16O2SSi/c10-7-4-8-13-11-9(12)5-2-1-3-6-9/h1-3,5,10,12H,4,6-8,13H2. The summed E-state index contributed by atoms with van der Waals surface area (Å²) in [7, 11) is -0.523. The molecule has 1 N–H and O–H groups in total. The van der Waals surface area contributed by atoms with Crippen LogP contribution in [0.1, 0.15) is 12.8 Å². The Morgan fingerprint density at radius 3 is 3.00 bits per heavy atom. The minimum atomic E-state index is -0.523. The summed E-state index contributed by atoms with van der Waals surface area (Å²) in [6, 6.07) is 1.02. The molecule has 13 heavy (non-hydrogen) atoms. The molecule has 1 aliphatic rings. The van der Waals surface area contributed by atoms with Crippen LogP contribution in [-0.4, -0.2) is 26.4 Å². The van der Waals surface area contributed by atoms with Crippen LogP contribution < -0.4 is 0 Å². The minimum absolute atomic E-state index is 0.270. The second-order valence-corrected chi connectivity index (χ2v) is 5.28. The SMILES string of the molecule is OCCC[SiH2]OC1(S)C=CC=CC1. The zero-order chi connectivity index (χ0) is 9.57. The highest BCUT2D eigenvalue weighted by atomic mass is 32.1. The maximum Gasteiger partial charge on any atom is 0.164 e. The van der Waals surface area contributed by atoms with E-state index in [0.717, 1.165) is 18.9 Å². The Morgan fingerprint density at radius 1 is 1.54 bits per heavy atom. The van der Waals surface area contributed by atoms with Crippen LogP contribution in [-0.2, 0) is 4.43 Å². The molecule has 0 aromatic heterocycles. The van der Waals surface area contributed by atoms with Crippen molar-refractivity contribution in [1.82, 2.24) is 0 Å². The lowest BCUT2D eigenvalue weighted by atomic mass is 10.1. The first kappa shape index (κ1) is 11.0. The van der Waals surface area contributed by atoms with E-state index < -0.39 is 9.76 Å². The van der Waals surface area contributed by atoms with Crippen molar-refractivity contribution < 1.29 is 9.53 Å². The molecule has 0 saturated heterocycles. The van der Waals surface area contributed by atoms with Gasteiger partial charge in [-0.25, -0.2) is 0 Å². The molecule has 0 heterocycles. The van der Waals surface area contributed by atoms with Gasteiger partial charge in [-0.15, -0.1) is 12.6 Å². The Hall–Kier alpha value is -0.0331. The predicted octanol–water partition coefficient (Wildman–Crippen LogP) is 1.03. The second-order valence-electron chi connectivity index (χ2n) is 3.12. The molecule has 2 nitrogen and oxygen atoms in total. The third-order valence-electron chi connectivity index (χ3n) is 1.92. The smallest absolute Gasteiger partial charge is 0.164 e. The average molecular weight is 216 g/mol. The van der Waals surface area contributed by atoms with Crippen molar-refractivity contribution in [1.29, 1.82) is 0 Å². The van der Waals surface area contributed by atoms with Gasteiger partial charge in [0.15, 0.2) is 9.76 Å². The number of thiol groups is 1. The highest BCUT2D eigenvalue weighted by molar-refractivity contribution is 7.81. The van der Waals surface area contributed by atoms with E-state index in [9.17, 15) is 0 Å². The fourth-order valence-corrected chi connectivity index (χ4v) is 2.76. The fourth-order valence-electron chi connectivity index (χ4n) is 1.16. The number of hydrogen-bond donors (Lipinski definition) is 2. The number of hydrogen-bond acceptors (Lipinski definition) is 3. The zero-order valence-electron chi connectivity index (χ0n) is 7.65. The lowest BCUT2D eigenvalue weighted by Gasteiger charge is -2.26. The Balaban J connectivity index is 2.19. The summed E-state index contributed by atoms with van der Waals surface area (Å²) in [5, 5.41) is 8.59. The van der Waals surface area contributed by atoms with E-state index >= 15 is 0 Å². The number of aliphatic hydroxyl groups excluding tert-OH is 1. The summed E-state index contributed by atoms with van der Waals surface area (Å²) < 4.78 is 5.73. The first-order valence-electron chi connectivity index (χ1n) is 4.58. The summed E-state index contributed by atoms with van der Waals surface area (Å²) in [4.78, 5) is -0.365. The van der Waals surface area contributed by atoms with Gasteiger partial charge in [0, 0.05) is 13.0 Å². The maximum absolute atomic E-state index is 8.59. The van der Waals surface area contributed by atoms with Gasteiger partial charge in [-0.1, -0.05) is 18.2 Å². The van der Waals surface area contributed by atoms with Gasteiger partial charge >= 0.3 is 0 Å². The Kier molecular flexibility index (Phi) is 4.80. The van der Waals surface area contributed by atoms with Crippen LogP contribution in [0.15, 0.2) is 24.3 Å². The molecular weight excluding hydrogens is 200 g/mol. The summed E-state index contributed by atoms with van der Waals surface area (Å²) >= 11 is 4.46. The van der Waals surface area contributed by atoms with Crippen molar-refractivity contribution in [3.8, 4) is 0 Å². The molecule has 1 aliphatic carbocycles. The molecule has 0 radical (unpaired) electrons. The van der Waals surface area contributed by atoms with Gasteiger partial charge in [-0.05, 0) is 18.5 Å². The molecule has 74 valence electrons. The van der Waals surface area contributed by atoms with E-state index in [1.54, 1.807) is 0 Å². The molecule has 4 heteroatoms. The first-order valence-corrected chi connectivity index (χ1v) is 6.61. The minimum Gasteiger partial charge on any atom is -0.406 e. The van der Waals surface area contributed by atoms with Gasteiger partial charge in [0.2, 0.25) is 0 Å². The highest BCUT2D eigenvalue weighted by Gasteiger charge is 2.21. The largest absolute Gasteiger partial charge is 0.406 e. The van der Waals surface area contributed by atoms with Crippen molar-refractivity contribution in [2.24, 2.45) is 0 Å². The molecule has 0 aromatic carbocycles. The van der Waals surface area contributed by atoms with Crippen LogP contribution >= 0.6 is 12.6 Å². The summed E-state index contributed by atoms with van der Waals surface area (Å²) in [6.07, 6.45) is 9.73. The molecule has 0 aromatic rings. The molecule has 1 atom stereocenters. The van der Waals surface area contributed by atoms with Crippen molar-refractivity contribution >= 4 is 22.4 Å². The van der Waals surface area contributed by atoms with E-state index in [0.29, 0.717) is 0 Å². The number of allylic oxidation sites excluding steroid dienone is 2. The molecule has 0 spiro atoms. The molecule has 1 rings (SSSR count). The van der Waals surface area contributed by atoms with Crippen molar-refractivity contribution in [3.63, 3.8) is 0 Å². The second kappa shape index (κ2) is 5.65. The highest BCUT2D eigenvalue weighted by Crippen LogP contribution is 2.26. The molecule has 0 fully saturated rings. The van der Waals surface area contributed by atoms with Crippen molar-refractivity contribution in [3.05, 3.63) is 24.3 Å². The van der Waals surface area contributed by atoms with E-state index in [1.165, 1.54) is 0 Å². The van der Waals surface area contributed by atoms with E-state index in [1.807, 2.05) is 18.2 Å². The Bertz CT molecular complexity index is 206. The molecule has 1 unspecified atom stereocenters. The number of rotatable bonds is 5. The topological polar surface area (TPSA) is 29.5 Å². The fraction of sp³-hybridized carbons (Fsp3) is 0.556. The summed E-state index contributed by atoms with van der Waals surface area (Å²) in [5.41, 5.74) is 0. The number of aliphatic hydroxyl groups is 1. The van der Waals surface area contributed by atoms with Gasteiger partial charge < -0.3 is 9.53 Å². The lowest BCUT2D eigenvalue weighted by Crippen LogP contribution is -2.25. The Labute approximate surface area is 87.0 Å². The van der Waals surface area contributed by atoms with E-state index in [-0.39, 0.29) is 11.5 Å². The van der Waals surface area contributed by atoms with Gasteiger partial charge in [0.1, 0.15) is 4.93 Å². The van der Waals surface area contributed by atoms with Crippen molar-refractivity contribution in [2.45, 2.75) is 23.8 Å². The molecule has 0 aliphatic heterocycles. The van der Waals surface area contributed by atoms with Gasteiger partial charge in [0.05, 0.1) is 0 Å². The van der Waals surface area contributed by atoms with Gasteiger partial charge in [-0.2, -0.15) is 0 Å². The van der Waals surface area contributed by atoms with Crippen LogP contribution in [0.2, 0.25) is 6.04 Å². The van der Waals surface area contributed by atoms with Crippen LogP contribution in [0, 0.1) is 0 Å². The van der Waals surface area contributed by atoms with E-state index in [4.69, 9.17) is 9.53 Å². The zero-order valence-corrected chi connectivity index (χ0v) is 9.96. The normalized spacial score (nSPS) is 27.5. The van der Waals surface area contributed by atoms with Crippen LogP contribution in [0.5, 0.6) is 0 Å². The van der Waals surface area contributed by atoms with Crippen molar-refractivity contribution in [2.75, 3.05) is 6.61 Å². The van der Waals surface area contributed by atoms with Crippen LogP contribution in [0.3, 0.4) is 0 Å². The predicted molar refractivity (Wildman–Crippen MR) is 60.8 cm³/mol. The quantitative estimate of drug-likeness (QED) is 0.311. The third-order valence-corrected chi connectivity index (χ3v) is 4.13. The molecular formula is C9H16O2SSi. The van der Waals surface area contributed by atoms with Crippen LogP contribution in [0.25, 0.3) is 0 Å². The monoisotopic (exact) mass is 216 g/mol. The Morgan fingerprint density at radius 2 is 2.38 bits per heavy atom. The third kappa shape index (κ3) is 4.13. The average Bonchev–Trinajstić information content (AvgIpc) is 2.14. The van der Waals surface area contributed by atoms with Crippen LogP contribution in [0.4, 0.5) is 0 Å². The first-order chi connectivity index (χ1) is 6.27. The summed E-state index contributed by atoms with van der Waals surface area (Å²) in [5.74, 6) is 0. The van der Waals surface area contributed by atoms with Gasteiger partial charge in [-0.3, -0.25) is 0 Å². The van der Waals surface area contributed by atoms with Gasteiger partial charge in [0.25, 0.3) is 0 Å². The maximum atomic E-state index is 8.59. The lowest BCUT2D eigenvalue weighted by molar-refractivity contribution is 0.228. The molecule has 0 saturated carbocycles. The molecule has 0 bridgehead atoms.